The Bertz CT molecular complexity index is 532. The van der Waals surface area contributed by atoms with Gasteiger partial charge in [0.25, 0.3) is 0 Å². The molecule has 3 nitrogen and oxygen atoms in total. The van der Waals surface area contributed by atoms with Crippen molar-refractivity contribution in [1.82, 2.24) is 10.2 Å². The van der Waals surface area contributed by atoms with Crippen LogP contribution < -0.4 is 10.1 Å². The Morgan fingerprint density at radius 2 is 2.19 bits per heavy atom. The highest BCUT2D eigenvalue weighted by atomic mass is 79.9. The minimum atomic E-state index is 0.314. The molecule has 0 spiro atoms. The minimum absolute atomic E-state index is 0.314. The van der Waals surface area contributed by atoms with E-state index in [0.717, 1.165) is 28.2 Å². The van der Waals surface area contributed by atoms with E-state index in [0.29, 0.717) is 12.6 Å². The van der Waals surface area contributed by atoms with Gasteiger partial charge in [-0.2, -0.15) is 0 Å². The van der Waals surface area contributed by atoms with Crippen LogP contribution in [0.15, 0.2) is 22.7 Å². The van der Waals surface area contributed by atoms with Crippen molar-refractivity contribution in [2.75, 3.05) is 26.2 Å². The zero-order valence-electron chi connectivity index (χ0n) is 12.1. The van der Waals surface area contributed by atoms with E-state index in [1.807, 2.05) is 12.1 Å². The molecule has 1 N–H and O–H groups in total. The number of hydrogen-bond donors (Lipinski definition) is 1. The zero-order chi connectivity index (χ0) is 14.7. The number of halogens is 1. The number of hydrogen-bond acceptors (Lipinski definition) is 3. The van der Waals surface area contributed by atoms with Crippen LogP contribution in [0.1, 0.15) is 18.4 Å². The second-order valence-corrected chi connectivity index (χ2v) is 6.79. The third-order valence-corrected chi connectivity index (χ3v) is 5.04. The first-order valence-corrected chi connectivity index (χ1v) is 8.36. The Balaban J connectivity index is 1.64. The third kappa shape index (κ3) is 3.60. The molecular weight excluding hydrogens is 328 g/mol. The number of rotatable bonds is 5. The Morgan fingerprint density at radius 3 is 2.86 bits per heavy atom. The third-order valence-electron chi connectivity index (χ3n) is 4.54. The zero-order valence-corrected chi connectivity index (χ0v) is 13.7. The van der Waals surface area contributed by atoms with Crippen LogP contribution in [0, 0.1) is 18.3 Å². The molecule has 3 aliphatic rings. The van der Waals surface area contributed by atoms with Crippen LogP contribution in [0.3, 0.4) is 0 Å². The van der Waals surface area contributed by atoms with Crippen LogP contribution in [0.5, 0.6) is 5.75 Å². The van der Waals surface area contributed by atoms with Crippen molar-refractivity contribution < 1.29 is 4.74 Å². The van der Waals surface area contributed by atoms with Crippen LogP contribution in [0.25, 0.3) is 0 Å². The lowest BCUT2D eigenvalue weighted by Gasteiger charge is -2.45. The molecule has 0 aliphatic carbocycles. The number of ether oxygens (including phenoxy) is 1. The fourth-order valence-electron chi connectivity index (χ4n) is 3.38. The van der Waals surface area contributed by atoms with Gasteiger partial charge < -0.3 is 15.0 Å². The fraction of sp³-hybridized carbons (Fsp3) is 0.529. The molecule has 1 aromatic carbocycles. The first-order valence-electron chi connectivity index (χ1n) is 7.56. The van der Waals surface area contributed by atoms with Gasteiger partial charge in [-0.25, -0.2) is 0 Å². The van der Waals surface area contributed by atoms with E-state index in [9.17, 15) is 0 Å². The lowest BCUT2D eigenvalue weighted by molar-refractivity contribution is 0.0719. The molecule has 2 bridgehead atoms. The lowest BCUT2D eigenvalue weighted by atomic mass is 9.84. The molecule has 3 heterocycles. The molecule has 0 saturated carbocycles. The highest BCUT2D eigenvalue weighted by molar-refractivity contribution is 9.10. The van der Waals surface area contributed by atoms with Gasteiger partial charge in [0.15, 0.2) is 0 Å². The fourth-order valence-corrected chi connectivity index (χ4v) is 3.79. The summed E-state index contributed by atoms with van der Waals surface area (Å²) in [5.74, 6) is 4.23. The second kappa shape index (κ2) is 6.83. The second-order valence-electron chi connectivity index (χ2n) is 5.87. The van der Waals surface area contributed by atoms with Gasteiger partial charge in [0.05, 0.1) is 0 Å². The standard InChI is InChI=1S/C17H21BrN2O/c1-2-9-21-17-4-3-15(18)10-14(17)11-19-16-12-20-7-5-13(16)6-8-20/h1,3-4,10,13,16,19H,5-9,11-12H2. The van der Waals surface area contributed by atoms with Gasteiger partial charge in [-0.05, 0) is 50.0 Å². The summed E-state index contributed by atoms with van der Waals surface area (Å²) < 4.78 is 6.71. The van der Waals surface area contributed by atoms with Gasteiger partial charge in [0, 0.05) is 29.2 Å². The molecule has 1 aromatic rings. The molecular formula is C17H21BrN2O. The van der Waals surface area contributed by atoms with Crippen LogP contribution in [0.4, 0.5) is 0 Å². The number of piperidine rings is 3. The SMILES string of the molecule is C#CCOc1ccc(Br)cc1CNC1CN2CCC1CC2. The molecule has 1 atom stereocenters. The summed E-state index contributed by atoms with van der Waals surface area (Å²) >= 11 is 3.53. The minimum Gasteiger partial charge on any atom is -0.481 e. The molecule has 112 valence electrons. The molecule has 21 heavy (non-hydrogen) atoms. The highest BCUT2D eigenvalue weighted by Gasteiger charge is 2.33. The number of nitrogens with zero attached hydrogens (tertiary/aromatic N) is 1. The summed E-state index contributed by atoms with van der Waals surface area (Å²) in [6.45, 7) is 4.87. The maximum atomic E-state index is 5.64. The number of benzene rings is 1. The summed E-state index contributed by atoms with van der Waals surface area (Å²) in [5, 5.41) is 3.72. The molecule has 3 fully saturated rings. The molecule has 3 aliphatic heterocycles. The lowest BCUT2D eigenvalue weighted by Crippen LogP contribution is -2.55. The highest BCUT2D eigenvalue weighted by Crippen LogP contribution is 2.29. The molecule has 4 rings (SSSR count). The predicted molar refractivity (Wildman–Crippen MR) is 88.3 cm³/mol. The van der Waals surface area contributed by atoms with E-state index in [4.69, 9.17) is 11.2 Å². The summed E-state index contributed by atoms with van der Waals surface area (Å²) in [6, 6.07) is 6.69. The largest absolute Gasteiger partial charge is 0.481 e. The van der Waals surface area contributed by atoms with E-state index in [-0.39, 0.29) is 0 Å². The van der Waals surface area contributed by atoms with E-state index < -0.39 is 0 Å². The predicted octanol–water partition coefficient (Wildman–Crippen LogP) is 2.64. The average molecular weight is 349 g/mol. The van der Waals surface area contributed by atoms with E-state index in [1.165, 1.54) is 32.5 Å². The van der Waals surface area contributed by atoms with Crippen LogP contribution in [-0.2, 0) is 6.54 Å². The smallest absolute Gasteiger partial charge is 0.148 e. The van der Waals surface area contributed by atoms with Crippen LogP contribution >= 0.6 is 15.9 Å². The normalized spacial score (nSPS) is 27.3. The Morgan fingerprint density at radius 1 is 1.38 bits per heavy atom. The average Bonchev–Trinajstić information content (AvgIpc) is 2.53. The van der Waals surface area contributed by atoms with Gasteiger partial charge >= 0.3 is 0 Å². The van der Waals surface area contributed by atoms with Crippen molar-refractivity contribution in [3.63, 3.8) is 0 Å². The molecule has 0 aromatic heterocycles. The monoisotopic (exact) mass is 348 g/mol. The molecule has 3 saturated heterocycles. The van der Waals surface area contributed by atoms with Gasteiger partial charge in [-0.1, -0.05) is 21.9 Å². The molecule has 0 amide bonds. The van der Waals surface area contributed by atoms with Gasteiger partial charge in [0.1, 0.15) is 12.4 Å². The number of fused-ring (bicyclic) bond motifs is 3. The number of terminal acetylenes is 1. The van der Waals surface area contributed by atoms with Crippen molar-refractivity contribution in [1.29, 1.82) is 0 Å². The maximum absolute atomic E-state index is 5.64. The van der Waals surface area contributed by atoms with Crippen LogP contribution in [0.2, 0.25) is 0 Å². The van der Waals surface area contributed by atoms with Gasteiger partial charge in [-0.15, -0.1) is 6.42 Å². The topological polar surface area (TPSA) is 24.5 Å². The summed E-state index contributed by atoms with van der Waals surface area (Å²) in [7, 11) is 0. The van der Waals surface area contributed by atoms with Crippen molar-refractivity contribution >= 4 is 15.9 Å². The van der Waals surface area contributed by atoms with Crippen molar-refractivity contribution in [3.8, 4) is 18.1 Å². The Labute approximate surface area is 135 Å². The van der Waals surface area contributed by atoms with E-state index >= 15 is 0 Å². The summed E-state index contributed by atoms with van der Waals surface area (Å²) in [6.07, 6.45) is 7.94. The van der Waals surface area contributed by atoms with E-state index in [2.05, 4.69) is 38.1 Å². The first-order chi connectivity index (χ1) is 10.3. The Kier molecular flexibility index (Phi) is 4.84. The van der Waals surface area contributed by atoms with Crippen LogP contribution in [-0.4, -0.2) is 37.2 Å². The number of nitrogens with one attached hydrogen (secondary N) is 1. The first kappa shape index (κ1) is 14.9. The molecule has 1 unspecified atom stereocenters. The summed E-state index contributed by atoms with van der Waals surface area (Å²) in [4.78, 5) is 2.56. The molecule has 0 radical (unpaired) electrons. The summed E-state index contributed by atoms with van der Waals surface area (Å²) in [5.41, 5.74) is 1.16. The van der Waals surface area contributed by atoms with Gasteiger partial charge in [0.2, 0.25) is 0 Å². The maximum Gasteiger partial charge on any atom is 0.148 e. The quantitative estimate of drug-likeness (QED) is 0.828. The van der Waals surface area contributed by atoms with Gasteiger partial charge in [-0.3, -0.25) is 0 Å². The molecule has 4 heteroatoms. The van der Waals surface area contributed by atoms with Crippen molar-refractivity contribution in [2.45, 2.75) is 25.4 Å². The van der Waals surface area contributed by atoms with Crippen molar-refractivity contribution in [2.24, 2.45) is 5.92 Å². The van der Waals surface area contributed by atoms with Crippen molar-refractivity contribution in [3.05, 3.63) is 28.2 Å². The Hall–Kier alpha value is -1.02. The van der Waals surface area contributed by atoms with E-state index in [1.54, 1.807) is 0 Å².